The molecule has 0 aromatic carbocycles. The number of aromatic nitrogens is 5. The first-order valence-corrected chi connectivity index (χ1v) is 8.30. The largest absolute Gasteiger partial charge is 0.364 e. The van der Waals surface area contributed by atoms with Gasteiger partial charge in [0.05, 0.1) is 18.5 Å². The number of carbonyl (C=O) groups is 1. The van der Waals surface area contributed by atoms with Crippen molar-refractivity contribution in [1.82, 2.24) is 24.3 Å². The predicted octanol–water partition coefficient (Wildman–Crippen LogP) is 1.17. The number of hydrogen-bond acceptors (Lipinski definition) is 7. The summed E-state index contributed by atoms with van der Waals surface area (Å²) in [5.74, 6) is 0.547. The summed E-state index contributed by atoms with van der Waals surface area (Å²) in [4.78, 5) is 30.6. The van der Waals surface area contributed by atoms with E-state index in [1.54, 1.807) is 22.9 Å². The molecule has 26 heavy (non-hydrogen) atoms. The first kappa shape index (κ1) is 16.0. The summed E-state index contributed by atoms with van der Waals surface area (Å²) in [7, 11) is 0. The van der Waals surface area contributed by atoms with Crippen LogP contribution in [-0.4, -0.2) is 42.8 Å². The maximum absolute atomic E-state index is 11.4. The van der Waals surface area contributed by atoms with Crippen LogP contribution in [0.1, 0.15) is 29.8 Å². The molecule has 1 atom stereocenters. The van der Waals surface area contributed by atoms with Crippen molar-refractivity contribution in [1.29, 1.82) is 5.26 Å². The van der Waals surface area contributed by atoms with Crippen molar-refractivity contribution in [2.24, 2.45) is 5.73 Å². The van der Waals surface area contributed by atoms with Crippen LogP contribution in [0.3, 0.4) is 0 Å². The van der Waals surface area contributed by atoms with E-state index in [-0.39, 0.29) is 11.7 Å². The first-order chi connectivity index (χ1) is 12.7. The Morgan fingerprint density at radius 3 is 2.96 bits per heavy atom. The van der Waals surface area contributed by atoms with E-state index in [1.165, 1.54) is 12.4 Å². The molecule has 0 bridgehead atoms. The Balaban J connectivity index is 1.77. The molecule has 0 aliphatic carbocycles. The van der Waals surface area contributed by atoms with Gasteiger partial charge in [0.15, 0.2) is 11.5 Å². The van der Waals surface area contributed by atoms with Gasteiger partial charge >= 0.3 is 0 Å². The molecule has 1 amide bonds. The number of anilines is 1. The maximum atomic E-state index is 11.4. The van der Waals surface area contributed by atoms with E-state index in [1.807, 2.05) is 4.90 Å². The molecule has 4 rings (SSSR count). The van der Waals surface area contributed by atoms with Crippen LogP contribution >= 0.6 is 0 Å². The summed E-state index contributed by atoms with van der Waals surface area (Å²) in [6.45, 7) is 0.789. The number of imidazole rings is 1. The van der Waals surface area contributed by atoms with Crippen molar-refractivity contribution in [3.8, 4) is 17.6 Å². The molecule has 1 saturated heterocycles. The molecule has 1 aliphatic rings. The molecule has 9 heteroatoms. The number of carbonyl (C=O) groups excluding carboxylic acids is 1. The molecule has 1 aliphatic heterocycles. The third-order valence-corrected chi connectivity index (χ3v) is 4.46. The zero-order valence-corrected chi connectivity index (χ0v) is 13.9. The fraction of sp³-hybridized carbons (Fsp3) is 0.294. The number of hydrogen-bond donors (Lipinski definition) is 1. The zero-order valence-electron chi connectivity index (χ0n) is 13.9. The lowest BCUT2D eigenvalue weighted by atomic mass is 10.0. The van der Waals surface area contributed by atoms with Crippen molar-refractivity contribution >= 4 is 17.4 Å². The molecule has 3 aromatic heterocycles. The van der Waals surface area contributed by atoms with Crippen LogP contribution in [0, 0.1) is 11.3 Å². The van der Waals surface area contributed by atoms with Gasteiger partial charge in [0.25, 0.3) is 5.91 Å². The topological polar surface area (TPSA) is 126 Å². The second-order valence-corrected chi connectivity index (χ2v) is 6.08. The van der Waals surface area contributed by atoms with E-state index in [0.29, 0.717) is 23.0 Å². The highest BCUT2D eigenvalue weighted by Gasteiger charge is 2.24. The van der Waals surface area contributed by atoms with Crippen LogP contribution in [0.25, 0.3) is 17.2 Å². The third-order valence-electron chi connectivity index (χ3n) is 4.46. The molecule has 2 N–H and O–H groups in total. The Bertz CT molecular complexity index is 1020. The van der Waals surface area contributed by atoms with Gasteiger partial charge in [-0.25, -0.2) is 19.9 Å². The lowest BCUT2D eigenvalue weighted by molar-refractivity contribution is 0.0995. The summed E-state index contributed by atoms with van der Waals surface area (Å²) in [5.41, 5.74) is 6.63. The normalized spacial score (nSPS) is 17.2. The van der Waals surface area contributed by atoms with E-state index in [0.717, 1.165) is 25.8 Å². The van der Waals surface area contributed by atoms with E-state index >= 15 is 0 Å². The Kier molecular flexibility index (Phi) is 3.93. The lowest BCUT2D eigenvalue weighted by Gasteiger charge is -2.32. The van der Waals surface area contributed by atoms with Crippen molar-refractivity contribution in [2.75, 3.05) is 11.4 Å². The summed E-state index contributed by atoms with van der Waals surface area (Å²) in [6.07, 6.45) is 9.19. The molecule has 3 aromatic rings. The standard InChI is InChI=1S/C17H16N8O/c18-7-11-3-1-2-6-24(11)14-4-5-20-17(23-14)13-8-22-15-9-21-12(16(19)26)10-25(13)15/h4-5,8-11H,1-3,6H2,(H2,19,26). The number of piperidine rings is 1. The average molecular weight is 348 g/mol. The van der Waals surface area contributed by atoms with Gasteiger partial charge in [0, 0.05) is 18.9 Å². The smallest absolute Gasteiger partial charge is 0.268 e. The molecule has 1 unspecified atom stereocenters. The summed E-state index contributed by atoms with van der Waals surface area (Å²) in [6, 6.07) is 3.97. The van der Waals surface area contributed by atoms with Crippen LogP contribution in [0.5, 0.6) is 0 Å². The first-order valence-electron chi connectivity index (χ1n) is 8.30. The number of primary amides is 1. The monoisotopic (exact) mass is 348 g/mol. The Morgan fingerprint density at radius 1 is 1.27 bits per heavy atom. The predicted molar refractivity (Wildman–Crippen MR) is 93.1 cm³/mol. The highest BCUT2D eigenvalue weighted by atomic mass is 16.1. The van der Waals surface area contributed by atoms with E-state index in [4.69, 9.17) is 5.73 Å². The molecule has 0 saturated carbocycles. The van der Waals surface area contributed by atoms with Crippen LogP contribution in [-0.2, 0) is 0 Å². The average Bonchev–Trinajstić information content (AvgIpc) is 3.11. The van der Waals surface area contributed by atoms with Crippen LogP contribution in [0.2, 0.25) is 0 Å². The molecule has 9 nitrogen and oxygen atoms in total. The quantitative estimate of drug-likeness (QED) is 0.752. The second-order valence-electron chi connectivity index (χ2n) is 6.08. The molecule has 4 heterocycles. The second kappa shape index (κ2) is 6.40. The Hall–Kier alpha value is -3.54. The number of fused-ring (bicyclic) bond motifs is 1. The SMILES string of the molecule is N#CC1CCCCN1c1ccnc(-c2cnc3cnc(C(N)=O)cn23)n1. The minimum atomic E-state index is -0.619. The van der Waals surface area contributed by atoms with Gasteiger partial charge in [-0.3, -0.25) is 9.20 Å². The third kappa shape index (κ3) is 2.71. The van der Waals surface area contributed by atoms with Crippen molar-refractivity contribution < 1.29 is 4.79 Å². The summed E-state index contributed by atoms with van der Waals surface area (Å²) in [5, 5.41) is 9.40. The van der Waals surface area contributed by atoms with E-state index < -0.39 is 5.91 Å². The molecule has 0 spiro atoms. The number of nitrogens with two attached hydrogens (primary N) is 1. The van der Waals surface area contributed by atoms with Gasteiger partial charge in [-0.05, 0) is 25.3 Å². The zero-order chi connectivity index (χ0) is 18.1. The van der Waals surface area contributed by atoms with Gasteiger partial charge in [-0.2, -0.15) is 5.26 Å². The minimum Gasteiger partial charge on any atom is -0.364 e. The Morgan fingerprint density at radius 2 is 2.15 bits per heavy atom. The number of nitrogens with zero attached hydrogens (tertiary/aromatic N) is 7. The summed E-state index contributed by atoms with van der Waals surface area (Å²) < 4.78 is 1.68. The highest BCUT2D eigenvalue weighted by Crippen LogP contribution is 2.25. The van der Waals surface area contributed by atoms with Crippen LogP contribution < -0.4 is 10.6 Å². The number of rotatable bonds is 3. The van der Waals surface area contributed by atoms with Crippen LogP contribution in [0.4, 0.5) is 5.82 Å². The van der Waals surface area contributed by atoms with Crippen molar-refractivity contribution in [3.63, 3.8) is 0 Å². The molecular weight excluding hydrogens is 332 g/mol. The van der Waals surface area contributed by atoms with Gasteiger partial charge in [-0.15, -0.1) is 0 Å². The maximum Gasteiger partial charge on any atom is 0.268 e. The van der Waals surface area contributed by atoms with Gasteiger partial charge in [0.1, 0.15) is 23.2 Å². The highest BCUT2D eigenvalue weighted by molar-refractivity contribution is 5.90. The number of amides is 1. The Labute approximate surface area is 149 Å². The number of nitriles is 1. The molecule has 130 valence electrons. The van der Waals surface area contributed by atoms with Crippen molar-refractivity contribution in [2.45, 2.75) is 25.3 Å². The lowest BCUT2D eigenvalue weighted by Crippen LogP contribution is -2.39. The molecule has 1 fully saturated rings. The fourth-order valence-corrected chi connectivity index (χ4v) is 3.15. The van der Waals surface area contributed by atoms with E-state index in [2.05, 4.69) is 26.0 Å². The van der Waals surface area contributed by atoms with Gasteiger partial charge < -0.3 is 10.6 Å². The van der Waals surface area contributed by atoms with Crippen LogP contribution in [0.15, 0.2) is 30.9 Å². The van der Waals surface area contributed by atoms with Crippen molar-refractivity contribution in [3.05, 3.63) is 36.5 Å². The van der Waals surface area contributed by atoms with Gasteiger partial charge in [0.2, 0.25) is 0 Å². The molecule has 0 radical (unpaired) electrons. The minimum absolute atomic E-state index is 0.133. The summed E-state index contributed by atoms with van der Waals surface area (Å²) >= 11 is 0. The fourth-order valence-electron chi connectivity index (χ4n) is 3.15. The van der Waals surface area contributed by atoms with Gasteiger partial charge in [-0.1, -0.05) is 0 Å². The molecular formula is C17H16N8O. The van der Waals surface area contributed by atoms with E-state index in [9.17, 15) is 10.1 Å².